The molecule has 1 aromatic heterocycles. The summed E-state index contributed by atoms with van der Waals surface area (Å²) in [5.74, 6) is 0.822. The lowest BCUT2D eigenvalue weighted by atomic mass is 10.1. The second kappa shape index (κ2) is 6.01. The Morgan fingerprint density at radius 1 is 1.36 bits per heavy atom. The molecule has 1 aliphatic heterocycles. The standard InChI is InChI=1S/C18H17N5O2/c1-11(24)19-9-8-17-20-14-4-2-3-5-16(14)23(17)12-6-7-13-15(10-12)22-18(25)21-13/h2-7,10,12H,8-9H2,1H3,(H,19,24)(H,22,25). The molecule has 2 aromatic rings. The monoisotopic (exact) mass is 335 g/mol. The van der Waals surface area contributed by atoms with Crippen molar-refractivity contribution >= 4 is 28.7 Å². The number of urea groups is 1. The van der Waals surface area contributed by atoms with Crippen molar-refractivity contribution in [2.24, 2.45) is 4.99 Å². The molecule has 0 radical (unpaired) electrons. The van der Waals surface area contributed by atoms with Gasteiger partial charge in [0, 0.05) is 19.9 Å². The summed E-state index contributed by atoms with van der Waals surface area (Å²) in [7, 11) is 0. The van der Waals surface area contributed by atoms with E-state index < -0.39 is 0 Å². The lowest BCUT2D eigenvalue weighted by Crippen LogP contribution is -2.24. The molecule has 0 spiro atoms. The van der Waals surface area contributed by atoms with E-state index in [1.165, 1.54) is 6.92 Å². The molecule has 25 heavy (non-hydrogen) atoms. The fraction of sp³-hybridized carbons (Fsp3) is 0.222. The van der Waals surface area contributed by atoms with E-state index in [0.29, 0.717) is 18.7 Å². The molecular weight excluding hydrogens is 318 g/mol. The van der Waals surface area contributed by atoms with Gasteiger partial charge in [0.15, 0.2) is 0 Å². The number of nitrogens with zero attached hydrogens (tertiary/aromatic N) is 3. The molecule has 3 amide bonds. The van der Waals surface area contributed by atoms with Gasteiger partial charge in [-0.05, 0) is 24.3 Å². The van der Waals surface area contributed by atoms with Gasteiger partial charge >= 0.3 is 6.03 Å². The SMILES string of the molecule is CC(=O)NCCc1nc2ccccc2n1C1C=CC2=NC(=O)NC2=C1. The van der Waals surface area contributed by atoms with Crippen LogP contribution in [0.2, 0.25) is 0 Å². The number of hydrogen-bond donors (Lipinski definition) is 2. The van der Waals surface area contributed by atoms with Gasteiger partial charge in [0.25, 0.3) is 0 Å². The third-order valence-corrected chi connectivity index (χ3v) is 4.22. The Hall–Kier alpha value is -3.22. The Bertz CT molecular complexity index is 967. The van der Waals surface area contributed by atoms with Gasteiger partial charge in [-0.25, -0.2) is 9.78 Å². The van der Waals surface area contributed by atoms with Crippen LogP contribution in [0.15, 0.2) is 53.2 Å². The van der Waals surface area contributed by atoms with Gasteiger partial charge in [-0.15, -0.1) is 0 Å². The van der Waals surface area contributed by atoms with Crippen molar-refractivity contribution in [3.63, 3.8) is 0 Å². The largest absolute Gasteiger partial charge is 0.356 e. The predicted octanol–water partition coefficient (Wildman–Crippen LogP) is 1.87. The number of imidazole rings is 1. The van der Waals surface area contributed by atoms with E-state index in [4.69, 9.17) is 4.98 Å². The van der Waals surface area contributed by atoms with Crippen LogP contribution in [0.3, 0.4) is 0 Å². The van der Waals surface area contributed by atoms with E-state index in [0.717, 1.165) is 22.6 Å². The predicted molar refractivity (Wildman–Crippen MR) is 94.3 cm³/mol. The maximum atomic E-state index is 11.5. The zero-order valence-electron chi connectivity index (χ0n) is 13.7. The van der Waals surface area contributed by atoms with Crippen LogP contribution in [0.5, 0.6) is 0 Å². The smallest absolute Gasteiger partial charge is 0.346 e. The molecule has 2 aliphatic rings. The van der Waals surface area contributed by atoms with Crippen molar-refractivity contribution in [1.82, 2.24) is 20.2 Å². The molecule has 1 atom stereocenters. The normalized spacial score (nSPS) is 18.6. The first-order chi connectivity index (χ1) is 12.1. The van der Waals surface area contributed by atoms with Crippen molar-refractivity contribution in [3.05, 3.63) is 54.0 Å². The van der Waals surface area contributed by atoms with Crippen molar-refractivity contribution in [2.45, 2.75) is 19.4 Å². The van der Waals surface area contributed by atoms with E-state index in [2.05, 4.69) is 20.2 Å². The van der Waals surface area contributed by atoms with E-state index in [1.807, 2.05) is 42.5 Å². The molecule has 2 N–H and O–H groups in total. The molecule has 7 heteroatoms. The van der Waals surface area contributed by atoms with Crippen molar-refractivity contribution in [3.8, 4) is 0 Å². The van der Waals surface area contributed by atoms with Gasteiger partial charge in [0.05, 0.1) is 28.5 Å². The van der Waals surface area contributed by atoms with Gasteiger partial charge in [-0.2, -0.15) is 4.99 Å². The van der Waals surface area contributed by atoms with Crippen LogP contribution in [0.4, 0.5) is 4.79 Å². The van der Waals surface area contributed by atoms with E-state index in [-0.39, 0.29) is 18.0 Å². The number of amides is 3. The molecule has 1 aromatic carbocycles. The Balaban J connectivity index is 1.73. The first-order valence-corrected chi connectivity index (χ1v) is 8.12. The first kappa shape index (κ1) is 15.3. The summed E-state index contributed by atoms with van der Waals surface area (Å²) in [6.07, 6.45) is 6.44. The third kappa shape index (κ3) is 2.84. The molecule has 1 unspecified atom stereocenters. The van der Waals surface area contributed by atoms with Crippen LogP contribution in [-0.2, 0) is 11.2 Å². The van der Waals surface area contributed by atoms with Crippen LogP contribution in [-0.4, -0.2) is 33.7 Å². The highest BCUT2D eigenvalue weighted by Gasteiger charge is 2.24. The number of benzene rings is 1. The highest BCUT2D eigenvalue weighted by molar-refractivity contribution is 6.19. The molecule has 2 heterocycles. The fourth-order valence-corrected chi connectivity index (χ4v) is 3.16. The molecule has 0 saturated heterocycles. The second-order valence-electron chi connectivity index (χ2n) is 5.98. The topological polar surface area (TPSA) is 88.4 Å². The third-order valence-electron chi connectivity index (χ3n) is 4.22. The number of carbonyl (C=O) groups is 2. The maximum absolute atomic E-state index is 11.5. The lowest BCUT2D eigenvalue weighted by Gasteiger charge is -2.19. The Morgan fingerprint density at radius 2 is 2.20 bits per heavy atom. The summed E-state index contributed by atoms with van der Waals surface area (Å²) in [5.41, 5.74) is 3.30. The van der Waals surface area contributed by atoms with Crippen LogP contribution >= 0.6 is 0 Å². The summed E-state index contributed by atoms with van der Waals surface area (Å²) in [4.78, 5) is 31.2. The van der Waals surface area contributed by atoms with Gasteiger partial charge in [0.1, 0.15) is 5.82 Å². The highest BCUT2D eigenvalue weighted by atomic mass is 16.2. The number of carbonyl (C=O) groups excluding carboxylic acids is 2. The average Bonchev–Trinajstić information content (AvgIpc) is 3.12. The van der Waals surface area contributed by atoms with Crippen LogP contribution < -0.4 is 10.6 Å². The summed E-state index contributed by atoms with van der Waals surface area (Å²) < 4.78 is 2.13. The molecule has 126 valence electrons. The highest BCUT2D eigenvalue weighted by Crippen LogP contribution is 2.27. The fourth-order valence-electron chi connectivity index (χ4n) is 3.16. The van der Waals surface area contributed by atoms with Crippen molar-refractivity contribution in [2.75, 3.05) is 6.54 Å². The minimum absolute atomic E-state index is 0.0585. The Labute approximate surface area is 144 Å². The van der Waals surface area contributed by atoms with Crippen molar-refractivity contribution < 1.29 is 9.59 Å². The van der Waals surface area contributed by atoms with Crippen molar-refractivity contribution in [1.29, 1.82) is 0 Å². The van der Waals surface area contributed by atoms with Gasteiger partial charge in [-0.3, -0.25) is 4.79 Å². The lowest BCUT2D eigenvalue weighted by molar-refractivity contribution is -0.118. The van der Waals surface area contributed by atoms with E-state index >= 15 is 0 Å². The number of aromatic nitrogens is 2. The molecule has 0 bridgehead atoms. The molecule has 0 saturated carbocycles. The zero-order valence-corrected chi connectivity index (χ0v) is 13.7. The van der Waals surface area contributed by atoms with Gasteiger partial charge < -0.3 is 15.2 Å². The van der Waals surface area contributed by atoms with Gasteiger partial charge in [-0.1, -0.05) is 18.2 Å². The average molecular weight is 335 g/mol. The molecule has 1 aliphatic carbocycles. The number of hydrogen-bond acceptors (Lipinski definition) is 3. The summed E-state index contributed by atoms with van der Waals surface area (Å²) in [5, 5.41) is 5.56. The Morgan fingerprint density at radius 3 is 3.04 bits per heavy atom. The number of allylic oxidation sites excluding steroid dienone is 3. The van der Waals surface area contributed by atoms with Crippen LogP contribution in [0.25, 0.3) is 11.0 Å². The first-order valence-electron chi connectivity index (χ1n) is 8.12. The molecule has 0 fully saturated rings. The summed E-state index contributed by atoms with van der Waals surface area (Å²) >= 11 is 0. The quantitative estimate of drug-likeness (QED) is 0.894. The molecule has 7 nitrogen and oxygen atoms in total. The number of fused-ring (bicyclic) bond motifs is 2. The van der Waals surface area contributed by atoms with Crippen LogP contribution in [0, 0.1) is 0 Å². The summed E-state index contributed by atoms with van der Waals surface area (Å²) in [6, 6.07) is 7.50. The van der Waals surface area contributed by atoms with Crippen LogP contribution in [0.1, 0.15) is 18.8 Å². The Kier molecular flexibility index (Phi) is 3.68. The summed E-state index contributed by atoms with van der Waals surface area (Å²) in [6.45, 7) is 2.02. The second-order valence-corrected chi connectivity index (χ2v) is 5.98. The maximum Gasteiger partial charge on any atom is 0.346 e. The minimum atomic E-state index is -0.340. The zero-order chi connectivity index (χ0) is 17.4. The number of nitrogens with one attached hydrogen (secondary N) is 2. The van der Waals surface area contributed by atoms with E-state index in [9.17, 15) is 9.59 Å². The van der Waals surface area contributed by atoms with Gasteiger partial charge in [0.2, 0.25) is 5.91 Å². The number of aliphatic imine (C=N–C) groups is 1. The minimum Gasteiger partial charge on any atom is -0.356 e. The number of rotatable bonds is 4. The molecule has 4 rings (SSSR count). The van der Waals surface area contributed by atoms with E-state index in [1.54, 1.807) is 0 Å². The molecular formula is C18H17N5O2. The number of para-hydroxylation sites is 2.